The van der Waals surface area contributed by atoms with E-state index in [1.165, 1.54) is 6.07 Å². The Labute approximate surface area is 113 Å². The van der Waals surface area contributed by atoms with Crippen LogP contribution in [0.2, 0.25) is 0 Å². The highest BCUT2D eigenvalue weighted by Gasteiger charge is 2.17. The first-order chi connectivity index (χ1) is 8.31. The standard InChI is InChI=1S/C13H19NO3S/c1-13(2,3)17-12(16)14-11-5-4-10(15)8-9(11)6-7-18/h4-5,8,15,18H,6-7H2,1-3H3,(H,14,16). The van der Waals surface area contributed by atoms with E-state index in [9.17, 15) is 9.90 Å². The third-order valence-corrected chi connectivity index (χ3v) is 2.33. The predicted molar refractivity (Wildman–Crippen MR) is 75.5 cm³/mol. The van der Waals surface area contributed by atoms with Crippen molar-refractivity contribution in [3.05, 3.63) is 23.8 Å². The topological polar surface area (TPSA) is 58.6 Å². The minimum Gasteiger partial charge on any atom is -0.508 e. The quantitative estimate of drug-likeness (QED) is 0.583. The molecule has 1 rings (SSSR count). The fraction of sp³-hybridized carbons (Fsp3) is 0.462. The lowest BCUT2D eigenvalue weighted by Gasteiger charge is -2.20. The summed E-state index contributed by atoms with van der Waals surface area (Å²) in [5, 5.41) is 12.1. The van der Waals surface area contributed by atoms with Gasteiger partial charge in [-0.05, 0) is 56.7 Å². The van der Waals surface area contributed by atoms with Crippen LogP contribution in [0.1, 0.15) is 26.3 Å². The van der Waals surface area contributed by atoms with Gasteiger partial charge in [0.1, 0.15) is 11.4 Å². The van der Waals surface area contributed by atoms with Crippen LogP contribution < -0.4 is 5.32 Å². The summed E-state index contributed by atoms with van der Waals surface area (Å²) in [6, 6.07) is 4.79. The summed E-state index contributed by atoms with van der Waals surface area (Å²) < 4.78 is 5.17. The fourth-order valence-electron chi connectivity index (χ4n) is 1.44. The molecule has 0 radical (unpaired) electrons. The number of carbonyl (C=O) groups is 1. The van der Waals surface area contributed by atoms with E-state index >= 15 is 0 Å². The minimum absolute atomic E-state index is 0.168. The number of amides is 1. The predicted octanol–water partition coefficient (Wildman–Crippen LogP) is 3.21. The number of hydrogen-bond acceptors (Lipinski definition) is 4. The fourth-order valence-corrected chi connectivity index (χ4v) is 1.68. The summed E-state index contributed by atoms with van der Waals surface area (Å²) in [5.74, 6) is 0.799. The number of aromatic hydroxyl groups is 1. The van der Waals surface area contributed by atoms with E-state index in [-0.39, 0.29) is 5.75 Å². The molecule has 0 heterocycles. The van der Waals surface area contributed by atoms with Gasteiger partial charge in [0, 0.05) is 5.69 Å². The number of hydrogen-bond donors (Lipinski definition) is 3. The van der Waals surface area contributed by atoms with Gasteiger partial charge >= 0.3 is 6.09 Å². The van der Waals surface area contributed by atoms with Crippen molar-refractivity contribution in [1.82, 2.24) is 0 Å². The Kier molecular flexibility index (Phi) is 4.90. The molecule has 0 saturated carbocycles. The average Bonchev–Trinajstić information content (AvgIpc) is 2.20. The van der Waals surface area contributed by atoms with Gasteiger partial charge in [0.2, 0.25) is 0 Å². The number of nitrogens with one attached hydrogen (secondary N) is 1. The first-order valence-corrected chi connectivity index (χ1v) is 6.38. The van der Waals surface area contributed by atoms with Crippen molar-refractivity contribution < 1.29 is 14.6 Å². The van der Waals surface area contributed by atoms with Crippen LogP contribution in [0.3, 0.4) is 0 Å². The van der Waals surface area contributed by atoms with Gasteiger partial charge in [0.25, 0.3) is 0 Å². The lowest BCUT2D eigenvalue weighted by molar-refractivity contribution is 0.0636. The number of thiol groups is 1. The first-order valence-electron chi connectivity index (χ1n) is 5.74. The molecule has 0 aromatic heterocycles. The third kappa shape index (κ3) is 4.87. The van der Waals surface area contributed by atoms with E-state index in [0.717, 1.165) is 5.56 Å². The van der Waals surface area contributed by atoms with E-state index < -0.39 is 11.7 Å². The first kappa shape index (κ1) is 14.7. The van der Waals surface area contributed by atoms with Gasteiger partial charge in [0.15, 0.2) is 0 Å². The largest absolute Gasteiger partial charge is 0.508 e. The number of ether oxygens (including phenoxy) is 1. The van der Waals surface area contributed by atoms with Crippen molar-refractivity contribution in [3.8, 4) is 5.75 Å². The van der Waals surface area contributed by atoms with Crippen LogP contribution in [0.5, 0.6) is 5.75 Å². The molecule has 0 aliphatic heterocycles. The summed E-state index contributed by atoms with van der Waals surface area (Å²) >= 11 is 4.15. The van der Waals surface area contributed by atoms with Crippen LogP contribution in [0.15, 0.2) is 18.2 Å². The molecule has 1 aromatic rings. The zero-order chi connectivity index (χ0) is 13.8. The Morgan fingerprint density at radius 1 is 1.44 bits per heavy atom. The Balaban J connectivity index is 2.80. The molecule has 0 spiro atoms. The van der Waals surface area contributed by atoms with Gasteiger partial charge in [-0.1, -0.05) is 0 Å². The summed E-state index contributed by atoms with van der Waals surface area (Å²) in [6.45, 7) is 5.41. The molecule has 18 heavy (non-hydrogen) atoms. The van der Waals surface area contributed by atoms with Crippen LogP contribution in [0.4, 0.5) is 10.5 Å². The molecule has 100 valence electrons. The SMILES string of the molecule is CC(C)(C)OC(=O)Nc1ccc(O)cc1CCS. The molecule has 0 aliphatic carbocycles. The highest BCUT2D eigenvalue weighted by molar-refractivity contribution is 7.80. The highest BCUT2D eigenvalue weighted by Crippen LogP contribution is 2.23. The van der Waals surface area contributed by atoms with Gasteiger partial charge in [-0.2, -0.15) is 12.6 Å². The van der Waals surface area contributed by atoms with Crippen LogP contribution in [-0.4, -0.2) is 22.6 Å². The summed E-state index contributed by atoms with van der Waals surface area (Å²) in [4.78, 5) is 11.7. The van der Waals surface area contributed by atoms with Crippen LogP contribution in [-0.2, 0) is 11.2 Å². The third-order valence-electron chi connectivity index (χ3n) is 2.11. The zero-order valence-corrected chi connectivity index (χ0v) is 11.8. The molecular formula is C13H19NO3S. The van der Waals surface area contributed by atoms with Gasteiger partial charge in [0.05, 0.1) is 0 Å². The van der Waals surface area contributed by atoms with Crippen LogP contribution in [0, 0.1) is 0 Å². The molecule has 0 atom stereocenters. The molecule has 0 bridgehead atoms. The van der Waals surface area contributed by atoms with Crippen molar-refractivity contribution >= 4 is 24.4 Å². The van der Waals surface area contributed by atoms with Crippen molar-refractivity contribution in [2.45, 2.75) is 32.8 Å². The molecule has 0 fully saturated rings. The molecular weight excluding hydrogens is 250 g/mol. The summed E-state index contributed by atoms with van der Waals surface area (Å²) in [5.41, 5.74) is 0.928. The maximum atomic E-state index is 11.7. The van der Waals surface area contributed by atoms with Gasteiger partial charge in [-0.25, -0.2) is 4.79 Å². The van der Waals surface area contributed by atoms with Crippen molar-refractivity contribution in [1.29, 1.82) is 0 Å². The van der Waals surface area contributed by atoms with Crippen molar-refractivity contribution in [3.63, 3.8) is 0 Å². The number of benzene rings is 1. The van der Waals surface area contributed by atoms with E-state index in [1.54, 1.807) is 32.9 Å². The molecule has 4 nitrogen and oxygen atoms in total. The van der Waals surface area contributed by atoms with Crippen LogP contribution >= 0.6 is 12.6 Å². The molecule has 1 amide bonds. The van der Waals surface area contributed by atoms with E-state index in [0.29, 0.717) is 17.9 Å². The number of phenols is 1. The van der Waals surface area contributed by atoms with E-state index in [2.05, 4.69) is 17.9 Å². The number of aryl methyl sites for hydroxylation is 1. The van der Waals surface area contributed by atoms with Crippen molar-refractivity contribution in [2.24, 2.45) is 0 Å². The molecule has 5 heteroatoms. The second-order valence-electron chi connectivity index (χ2n) is 4.94. The molecule has 0 unspecified atom stereocenters. The smallest absolute Gasteiger partial charge is 0.412 e. The maximum absolute atomic E-state index is 11.7. The monoisotopic (exact) mass is 269 g/mol. The average molecular weight is 269 g/mol. The lowest BCUT2D eigenvalue weighted by Crippen LogP contribution is -2.27. The van der Waals surface area contributed by atoms with Crippen LogP contribution in [0.25, 0.3) is 0 Å². The van der Waals surface area contributed by atoms with E-state index in [1.807, 2.05) is 0 Å². The maximum Gasteiger partial charge on any atom is 0.412 e. The van der Waals surface area contributed by atoms with Crippen molar-refractivity contribution in [2.75, 3.05) is 11.1 Å². The number of anilines is 1. The zero-order valence-electron chi connectivity index (χ0n) is 10.9. The van der Waals surface area contributed by atoms with Gasteiger partial charge in [-0.15, -0.1) is 0 Å². The second kappa shape index (κ2) is 6.00. The Bertz CT molecular complexity index is 427. The number of rotatable bonds is 3. The number of phenolic OH excluding ortho intramolecular Hbond substituents is 1. The summed E-state index contributed by atoms with van der Waals surface area (Å²) in [6.07, 6.45) is 0.149. The molecule has 0 aliphatic rings. The number of carbonyl (C=O) groups excluding carboxylic acids is 1. The Hall–Kier alpha value is -1.36. The normalized spacial score (nSPS) is 11.1. The van der Waals surface area contributed by atoms with Gasteiger partial charge in [-0.3, -0.25) is 5.32 Å². The molecule has 2 N–H and O–H groups in total. The molecule has 1 aromatic carbocycles. The second-order valence-corrected chi connectivity index (χ2v) is 5.39. The Morgan fingerprint density at radius 3 is 2.67 bits per heavy atom. The Morgan fingerprint density at radius 2 is 2.11 bits per heavy atom. The van der Waals surface area contributed by atoms with Gasteiger partial charge < -0.3 is 9.84 Å². The highest BCUT2D eigenvalue weighted by atomic mass is 32.1. The summed E-state index contributed by atoms with van der Waals surface area (Å²) in [7, 11) is 0. The lowest BCUT2D eigenvalue weighted by atomic mass is 10.1. The minimum atomic E-state index is -0.537. The van der Waals surface area contributed by atoms with E-state index in [4.69, 9.17) is 4.74 Å². The molecule has 0 saturated heterocycles.